The van der Waals surface area contributed by atoms with Crippen LogP contribution in [0.4, 0.5) is 8.78 Å². The Morgan fingerprint density at radius 3 is 1.89 bits per heavy atom. The van der Waals surface area contributed by atoms with Crippen LogP contribution in [0.25, 0.3) is 0 Å². The maximum atomic E-state index is 12.5. The molecule has 0 saturated heterocycles. The molecule has 0 aliphatic carbocycles. The summed E-state index contributed by atoms with van der Waals surface area (Å²) >= 11 is 15.8. The van der Waals surface area contributed by atoms with Gasteiger partial charge in [0, 0.05) is 0 Å². The molecule has 2 rings (SSSR count). The van der Waals surface area contributed by atoms with Crippen molar-refractivity contribution in [2.24, 2.45) is 0 Å². The molecule has 0 amide bonds. The summed E-state index contributed by atoms with van der Waals surface area (Å²) in [6.45, 7) is 0. The predicted molar refractivity (Wildman–Crippen MR) is 65.6 cm³/mol. The molecule has 2 heterocycles. The minimum Gasteiger partial charge on any atom is -0.479 e. The minimum atomic E-state index is -0.666. The number of nitrogens with zero attached hydrogens (tertiary/aromatic N) is 4. The zero-order valence-corrected chi connectivity index (χ0v) is 11.5. The third-order valence-corrected chi connectivity index (χ3v) is 2.18. The molecule has 0 N–H and O–H groups in total. The zero-order valence-electron chi connectivity index (χ0n) is 9.24. The highest BCUT2D eigenvalue weighted by atomic mass is 35.5. The van der Waals surface area contributed by atoms with Crippen LogP contribution in [0.5, 0.6) is 5.88 Å². The second-order valence-corrected chi connectivity index (χ2v) is 3.81. The second kappa shape index (κ2) is 7.32. The summed E-state index contributed by atoms with van der Waals surface area (Å²) in [5.74, 6) is -1.42. The normalized spacial score (nSPS) is 9.58. The molecule has 0 aliphatic rings. The van der Waals surface area contributed by atoms with E-state index >= 15 is 0 Å². The van der Waals surface area contributed by atoms with Crippen LogP contribution >= 0.6 is 34.8 Å². The molecule has 2 aromatic rings. The number of hydrogen-bond donors (Lipinski definition) is 0. The summed E-state index contributed by atoms with van der Waals surface area (Å²) < 4.78 is 29.2. The lowest BCUT2D eigenvalue weighted by atomic mass is 10.6. The standard InChI is InChI=1S/C5H4ClFN2O.C4HCl2FN2/c1-10-4-3(7)2-8-5(6)9-4;5-3-2(7)1-8-4(6)9-3/h2H,1H3;1H. The van der Waals surface area contributed by atoms with Crippen molar-refractivity contribution in [1.29, 1.82) is 0 Å². The number of rotatable bonds is 1. The van der Waals surface area contributed by atoms with Crippen LogP contribution in [0.3, 0.4) is 0 Å². The van der Waals surface area contributed by atoms with Gasteiger partial charge in [0.25, 0.3) is 5.88 Å². The first-order valence-electron chi connectivity index (χ1n) is 4.49. The Balaban J connectivity index is 0.000000191. The monoisotopic (exact) mass is 328 g/mol. The summed E-state index contributed by atoms with van der Waals surface area (Å²) in [4.78, 5) is 13.5. The van der Waals surface area contributed by atoms with Crippen LogP contribution in [0.15, 0.2) is 12.4 Å². The van der Waals surface area contributed by atoms with Crippen molar-refractivity contribution in [3.8, 4) is 5.88 Å². The average molecular weight is 330 g/mol. The van der Waals surface area contributed by atoms with Gasteiger partial charge in [0.2, 0.25) is 16.4 Å². The molecule has 0 bridgehead atoms. The molecule has 0 aliphatic heterocycles. The van der Waals surface area contributed by atoms with Crippen LogP contribution in [0.1, 0.15) is 0 Å². The lowest BCUT2D eigenvalue weighted by molar-refractivity contribution is 0.367. The number of ether oxygens (including phenoxy) is 1. The molecule has 19 heavy (non-hydrogen) atoms. The Kier molecular flexibility index (Phi) is 6.07. The Morgan fingerprint density at radius 2 is 1.47 bits per heavy atom. The van der Waals surface area contributed by atoms with E-state index in [4.69, 9.17) is 34.8 Å². The third kappa shape index (κ3) is 5.06. The Labute approximate surface area is 121 Å². The first kappa shape index (κ1) is 15.7. The van der Waals surface area contributed by atoms with Gasteiger partial charge in [-0.3, -0.25) is 0 Å². The fraction of sp³-hybridized carbons (Fsp3) is 0.111. The molecular formula is C9H5Cl3F2N4O. The van der Waals surface area contributed by atoms with Gasteiger partial charge in [0.15, 0.2) is 11.0 Å². The van der Waals surface area contributed by atoms with Crippen LogP contribution in [-0.2, 0) is 0 Å². The topological polar surface area (TPSA) is 60.8 Å². The van der Waals surface area contributed by atoms with E-state index in [0.29, 0.717) is 0 Å². The van der Waals surface area contributed by atoms with Crippen LogP contribution in [0, 0.1) is 11.6 Å². The van der Waals surface area contributed by atoms with E-state index in [9.17, 15) is 8.78 Å². The zero-order chi connectivity index (χ0) is 14.4. The largest absolute Gasteiger partial charge is 0.479 e. The highest BCUT2D eigenvalue weighted by molar-refractivity contribution is 6.31. The molecule has 0 spiro atoms. The number of methoxy groups -OCH3 is 1. The van der Waals surface area contributed by atoms with Crippen LogP contribution in [-0.4, -0.2) is 27.0 Å². The predicted octanol–water partition coefficient (Wildman–Crippen LogP) is 3.20. The van der Waals surface area contributed by atoms with E-state index in [2.05, 4.69) is 24.7 Å². The maximum Gasteiger partial charge on any atom is 0.254 e. The second-order valence-electron chi connectivity index (χ2n) is 2.77. The first-order chi connectivity index (χ1) is 8.93. The van der Waals surface area contributed by atoms with E-state index in [1.165, 1.54) is 7.11 Å². The van der Waals surface area contributed by atoms with E-state index in [0.717, 1.165) is 12.4 Å². The van der Waals surface area contributed by atoms with E-state index in [1.807, 2.05) is 0 Å². The summed E-state index contributed by atoms with van der Waals surface area (Å²) in [7, 11) is 1.31. The van der Waals surface area contributed by atoms with Gasteiger partial charge in [-0.15, -0.1) is 0 Å². The SMILES string of the molecule is COc1nc(Cl)ncc1F.Fc1cnc(Cl)nc1Cl. The molecule has 10 heteroatoms. The minimum absolute atomic E-state index is 0.0294. The van der Waals surface area contributed by atoms with Crippen molar-refractivity contribution >= 4 is 34.8 Å². The molecule has 102 valence electrons. The van der Waals surface area contributed by atoms with E-state index in [1.54, 1.807) is 0 Å². The van der Waals surface area contributed by atoms with Crippen LogP contribution < -0.4 is 4.74 Å². The highest BCUT2D eigenvalue weighted by Gasteiger charge is 2.03. The Bertz CT molecular complexity index is 573. The van der Waals surface area contributed by atoms with Crippen molar-refractivity contribution in [3.05, 3.63) is 39.7 Å². The van der Waals surface area contributed by atoms with E-state index in [-0.39, 0.29) is 21.6 Å². The molecule has 0 atom stereocenters. The summed E-state index contributed by atoms with van der Waals surface area (Å²) in [6, 6.07) is 0. The van der Waals surface area contributed by atoms with Crippen LogP contribution in [0.2, 0.25) is 15.7 Å². The van der Waals surface area contributed by atoms with Gasteiger partial charge >= 0.3 is 0 Å². The molecule has 0 saturated carbocycles. The van der Waals surface area contributed by atoms with Gasteiger partial charge < -0.3 is 4.74 Å². The first-order valence-corrected chi connectivity index (χ1v) is 5.63. The lowest BCUT2D eigenvalue weighted by Gasteiger charge is -1.97. The fourth-order valence-corrected chi connectivity index (χ4v) is 1.23. The van der Waals surface area contributed by atoms with Crippen molar-refractivity contribution in [2.45, 2.75) is 0 Å². The fourth-order valence-electron chi connectivity index (χ4n) is 0.801. The van der Waals surface area contributed by atoms with Gasteiger partial charge in [0.05, 0.1) is 19.5 Å². The van der Waals surface area contributed by atoms with Crippen molar-refractivity contribution < 1.29 is 13.5 Å². The highest BCUT2D eigenvalue weighted by Crippen LogP contribution is 2.13. The number of halogens is 5. The van der Waals surface area contributed by atoms with Gasteiger partial charge in [-0.05, 0) is 23.2 Å². The van der Waals surface area contributed by atoms with Gasteiger partial charge in [0.1, 0.15) is 0 Å². The Hall–Kier alpha value is -1.31. The maximum absolute atomic E-state index is 12.5. The Morgan fingerprint density at radius 1 is 0.947 bits per heavy atom. The molecule has 0 fully saturated rings. The summed E-state index contributed by atoms with van der Waals surface area (Å²) in [5.41, 5.74) is 0. The molecule has 0 unspecified atom stereocenters. The molecule has 2 aromatic heterocycles. The summed E-state index contributed by atoms with van der Waals surface area (Å²) in [6.07, 6.45) is 1.87. The average Bonchev–Trinajstić information content (AvgIpc) is 2.38. The van der Waals surface area contributed by atoms with Crippen molar-refractivity contribution in [2.75, 3.05) is 7.11 Å². The van der Waals surface area contributed by atoms with Crippen molar-refractivity contribution in [3.63, 3.8) is 0 Å². The quantitative estimate of drug-likeness (QED) is 0.594. The van der Waals surface area contributed by atoms with Gasteiger partial charge in [-0.1, -0.05) is 11.6 Å². The molecule has 0 radical (unpaired) electrons. The van der Waals surface area contributed by atoms with Gasteiger partial charge in [-0.2, -0.15) is 9.37 Å². The number of hydrogen-bond acceptors (Lipinski definition) is 5. The lowest BCUT2D eigenvalue weighted by Crippen LogP contribution is -1.93. The molecule has 5 nitrogen and oxygen atoms in total. The summed E-state index contributed by atoms with van der Waals surface area (Å²) in [5, 5.41) is -0.338. The third-order valence-electron chi connectivity index (χ3n) is 1.55. The smallest absolute Gasteiger partial charge is 0.254 e. The van der Waals surface area contributed by atoms with Crippen molar-refractivity contribution in [1.82, 2.24) is 19.9 Å². The van der Waals surface area contributed by atoms with E-state index < -0.39 is 11.6 Å². The number of aromatic nitrogens is 4. The molecule has 0 aromatic carbocycles. The van der Waals surface area contributed by atoms with Gasteiger partial charge in [-0.25, -0.2) is 19.3 Å². The molecular weight excluding hydrogens is 324 g/mol.